The molecule has 13 heavy (non-hydrogen) atoms. The fraction of sp³-hybridized carbons (Fsp3) is 0.875. The van der Waals surface area contributed by atoms with E-state index in [1.54, 1.807) is 0 Å². The minimum absolute atomic E-state index is 0.0436. The highest BCUT2D eigenvalue weighted by atomic mass is 32.2. The Bertz CT molecular complexity index is 318. The maximum atomic E-state index is 11.3. The average Bonchev–Trinajstić information content (AvgIpc) is 2.78. The lowest BCUT2D eigenvalue weighted by Crippen LogP contribution is -2.36. The van der Waals surface area contributed by atoms with Crippen molar-refractivity contribution in [1.82, 2.24) is 5.32 Å². The third-order valence-corrected chi connectivity index (χ3v) is 4.29. The summed E-state index contributed by atoms with van der Waals surface area (Å²) in [4.78, 5) is 11.3. The van der Waals surface area contributed by atoms with Gasteiger partial charge in [-0.15, -0.1) is 0 Å². The highest BCUT2D eigenvalue weighted by Crippen LogP contribution is 2.29. The molecular weight excluding hydrogens is 190 g/mol. The van der Waals surface area contributed by atoms with Gasteiger partial charge in [-0.1, -0.05) is 0 Å². The number of rotatable bonds is 2. The Morgan fingerprint density at radius 2 is 1.92 bits per heavy atom. The maximum Gasteiger partial charge on any atom is 0.223 e. The van der Waals surface area contributed by atoms with Crippen molar-refractivity contribution in [2.45, 2.75) is 25.3 Å². The molecule has 0 aromatic heterocycles. The molecular formula is C8H13NO3S. The van der Waals surface area contributed by atoms with Crippen LogP contribution in [0.5, 0.6) is 0 Å². The number of nitrogens with one attached hydrogen (secondary N) is 1. The van der Waals surface area contributed by atoms with Crippen molar-refractivity contribution in [3.8, 4) is 0 Å². The van der Waals surface area contributed by atoms with Crippen molar-refractivity contribution in [1.29, 1.82) is 0 Å². The summed E-state index contributed by atoms with van der Waals surface area (Å²) in [5.74, 6) is 0.569. The summed E-state index contributed by atoms with van der Waals surface area (Å²) in [7, 11) is -2.86. The van der Waals surface area contributed by atoms with Gasteiger partial charge in [0.25, 0.3) is 0 Å². The monoisotopic (exact) mass is 203 g/mol. The number of carbonyl (C=O) groups is 1. The zero-order chi connectivity index (χ0) is 9.47. The molecule has 0 aromatic carbocycles. The first-order chi connectivity index (χ1) is 6.07. The highest BCUT2D eigenvalue weighted by Gasteiger charge is 2.34. The van der Waals surface area contributed by atoms with E-state index >= 15 is 0 Å². The maximum absolute atomic E-state index is 11.3. The van der Waals surface area contributed by atoms with E-state index in [1.807, 2.05) is 0 Å². The van der Waals surface area contributed by atoms with Gasteiger partial charge in [0.2, 0.25) is 5.91 Å². The Labute approximate surface area is 77.6 Å². The second-order valence-corrected chi connectivity index (χ2v) is 6.11. The van der Waals surface area contributed by atoms with E-state index < -0.39 is 9.84 Å². The van der Waals surface area contributed by atoms with Crippen LogP contribution in [-0.2, 0) is 14.6 Å². The minimum atomic E-state index is -2.86. The van der Waals surface area contributed by atoms with Crippen LogP contribution in [0.4, 0.5) is 0 Å². The van der Waals surface area contributed by atoms with Crippen LogP contribution in [0.25, 0.3) is 0 Å². The predicted octanol–water partition coefficient (Wildman–Crippen LogP) is -0.300. The van der Waals surface area contributed by atoms with Crippen molar-refractivity contribution in [3.05, 3.63) is 0 Å². The van der Waals surface area contributed by atoms with Gasteiger partial charge in [0, 0.05) is 12.0 Å². The lowest BCUT2D eigenvalue weighted by atomic mass is 10.2. The first kappa shape index (κ1) is 8.99. The van der Waals surface area contributed by atoms with Gasteiger partial charge in [-0.25, -0.2) is 8.42 Å². The van der Waals surface area contributed by atoms with Crippen LogP contribution in [0, 0.1) is 5.92 Å². The molecule has 1 aliphatic carbocycles. The third kappa shape index (κ3) is 2.21. The smallest absolute Gasteiger partial charge is 0.223 e. The number of hydrogen-bond acceptors (Lipinski definition) is 3. The lowest BCUT2D eigenvalue weighted by Gasteiger charge is -2.09. The third-order valence-electron chi connectivity index (χ3n) is 2.53. The largest absolute Gasteiger partial charge is 0.352 e. The Kier molecular flexibility index (Phi) is 2.06. The van der Waals surface area contributed by atoms with Crippen LogP contribution in [0.1, 0.15) is 19.3 Å². The molecule has 0 bridgehead atoms. The summed E-state index contributed by atoms with van der Waals surface area (Å²) in [5.41, 5.74) is 0. The zero-order valence-corrected chi connectivity index (χ0v) is 8.14. The van der Waals surface area contributed by atoms with Crippen LogP contribution in [0.3, 0.4) is 0 Å². The van der Waals surface area contributed by atoms with Gasteiger partial charge in [-0.2, -0.15) is 0 Å². The van der Waals surface area contributed by atoms with Crippen molar-refractivity contribution in [2.75, 3.05) is 11.5 Å². The summed E-state index contributed by atoms with van der Waals surface area (Å²) in [6.45, 7) is 0. The van der Waals surface area contributed by atoms with Gasteiger partial charge in [-0.3, -0.25) is 4.79 Å². The molecule has 1 heterocycles. The molecule has 1 atom stereocenters. The SMILES string of the molecule is O=C(NC1CCS(=O)(=O)C1)C1CC1. The molecule has 2 aliphatic rings. The van der Waals surface area contributed by atoms with E-state index in [0.29, 0.717) is 6.42 Å². The topological polar surface area (TPSA) is 63.2 Å². The fourth-order valence-electron chi connectivity index (χ4n) is 1.57. The molecule has 1 unspecified atom stereocenters. The standard InChI is InChI=1S/C8H13NO3S/c10-8(6-1-2-6)9-7-3-4-13(11,12)5-7/h6-7H,1-5H2,(H,9,10). The summed E-state index contributed by atoms with van der Waals surface area (Å²) in [6, 6.07) is -0.127. The van der Waals surface area contributed by atoms with E-state index in [1.165, 1.54) is 0 Å². The van der Waals surface area contributed by atoms with Gasteiger partial charge in [0.15, 0.2) is 9.84 Å². The number of hydrogen-bond donors (Lipinski definition) is 1. The molecule has 0 aromatic rings. The second-order valence-electron chi connectivity index (χ2n) is 3.88. The molecule has 1 saturated carbocycles. The molecule has 1 saturated heterocycles. The quantitative estimate of drug-likeness (QED) is 0.670. The molecule has 74 valence electrons. The van der Waals surface area contributed by atoms with Crippen LogP contribution >= 0.6 is 0 Å². The first-order valence-electron chi connectivity index (χ1n) is 4.58. The first-order valence-corrected chi connectivity index (χ1v) is 6.40. The molecule has 1 N–H and O–H groups in total. The predicted molar refractivity (Wildman–Crippen MR) is 47.9 cm³/mol. The number of carbonyl (C=O) groups excluding carboxylic acids is 1. The molecule has 0 radical (unpaired) electrons. The highest BCUT2D eigenvalue weighted by molar-refractivity contribution is 7.91. The Balaban J connectivity index is 1.86. The molecule has 4 nitrogen and oxygen atoms in total. The van der Waals surface area contributed by atoms with Gasteiger partial charge >= 0.3 is 0 Å². The molecule has 5 heteroatoms. The average molecular weight is 203 g/mol. The molecule has 2 rings (SSSR count). The van der Waals surface area contributed by atoms with E-state index in [4.69, 9.17) is 0 Å². The Morgan fingerprint density at radius 1 is 1.23 bits per heavy atom. The van der Waals surface area contributed by atoms with Gasteiger partial charge in [0.05, 0.1) is 11.5 Å². The molecule has 1 aliphatic heterocycles. The summed E-state index contributed by atoms with van der Waals surface area (Å²) < 4.78 is 22.1. The van der Waals surface area contributed by atoms with Crippen molar-refractivity contribution in [2.24, 2.45) is 5.92 Å². The van der Waals surface area contributed by atoms with Crippen LogP contribution in [0.2, 0.25) is 0 Å². The van der Waals surface area contributed by atoms with E-state index in [-0.39, 0.29) is 29.4 Å². The Morgan fingerprint density at radius 3 is 2.38 bits per heavy atom. The Hall–Kier alpha value is -0.580. The van der Waals surface area contributed by atoms with E-state index in [9.17, 15) is 13.2 Å². The molecule has 1 amide bonds. The summed E-state index contributed by atoms with van der Waals surface area (Å²) in [5, 5.41) is 2.78. The van der Waals surface area contributed by atoms with Gasteiger partial charge in [0.1, 0.15) is 0 Å². The fourth-order valence-corrected chi connectivity index (χ4v) is 3.25. The van der Waals surface area contributed by atoms with E-state index in [2.05, 4.69) is 5.32 Å². The number of amides is 1. The summed E-state index contributed by atoms with van der Waals surface area (Å²) >= 11 is 0. The van der Waals surface area contributed by atoms with Crippen molar-refractivity contribution in [3.63, 3.8) is 0 Å². The molecule has 2 fully saturated rings. The normalized spacial score (nSPS) is 31.5. The van der Waals surface area contributed by atoms with Crippen molar-refractivity contribution >= 4 is 15.7 Å². The van der Waals surface area contributed by atoms with Gasteiger partial charge in [-0.05, 0) is 19.3 Å². The van der Waals surface area contributed by atoms with Crippen LogP contribution in [0.15, 0.2) is 0 Å². The zero-order valence-electron chi connectivity index (χ0n) is 7.32. The number of sulfone groups is 1. The molecule has 0 spiro atoms. The van der Waals surface area contributed by atoms with Crippen LogP contribution in [-0.4, -0.2) is 31.9 Å². The minimum Gasteiger partial charge on any atom is -0.352 e. The lowest BCUT2D eigenvalue weighted by molar-refractivity contribution is -0.122. The van der Waals surface area contributed by atoms with E-state index in [0.717, 1.165) is 12.8 Å². The second kappa shape index (κ2) is 2.97. The van der Waals surface area contributed by atoms with Gasteiger partial charge < -0.3 is 5.32 Å². The van der Waals surface area contributed by atoms with Crippen LogP contribution < -0.4 is 5.32 Å². The van der Waals surface area contributed by atoms with Crippen molar-refractivity contribution < 1.29 is 13.2 Å². The summed E-state index contributed by atoms with van der Waals surface area (Å²) in [6.07, 6.45) is 2.51.